The quantitative estimate of drug-likeness (QED) is 0.605. The van der Waals surface area contributed by atoms with Crippen molar-refractivity contribution in [1.29, 1.82) is 0 Å². The molecule has 0 saturated heterocycles. The highest BCUT2D eigenvalue weighted by Gasteiger charge is 2.45. The van der Waals surface area contributed by atoms with Gasteiger partial charge in [-0.05, 0) is 30.0 Å². The van der Waals surface area contributed by atoms with Crippen molar-refractivity contribution in [3.8, 4) is 23.0 Å². The summed E-state index contributed by atoms with van der Waals surface area (Å²) >= 11 is 0. The molecule has 0 bridgehead atoms. The number of carbonyl (C=O) groups excluding carboxylic acids is 2. The molecule has 4 rings (SSSR count). The second-order valence-electron chi connectivity index (χ2n) is 9.44. The number of anilines is 1. The fourth-order valence-corrected chi connectivity index (χ4v) is 5.06. The summed E-state index contributed by atoms with van der Waals surface area (Å²) in [4.78, 5) is 29.0. The normalized spacial score (nSPS) is 19.6. The molecule has 180 valence electrons. The lowest BCUT2D eigenvalue weighted by Crippen LogP contribution is -2.43. The maximum atomic E-state index is 13.7. The van der Waals surface area contributed by atoms with E-state index in [-0.39, 0.29) is 23.5 Å². The third kappa shape index (κ3) is 4.11. The largest absolute Gasteiger partial charge is 0.497 e. The van der Waals surface area contributed by atoms with Gasteiger partial charge in [0.15, 0.2) is 17.3 Å². The van der Waals surface area contributed by atoms with Crippen LogP contribution in [0.2, 0.25) is 0 Å². The number of amides is 1. The van der Waals surface area contributed by atoms with Gasteiger partial charge in [0.25, 0.3) is 0 Å². The summed E-state index contributed by atoms with van der Waals surface area (Å²) in [6, 6.07) is 10.9. The molecule has 0 fully saturated rings. The highest BCUT2D eigenvalue weighted by Crippen LogP contribution is 2.51. The minimum Gasteiger partial charge on any atom is -0.497 e. The minimum atomic E-state index is -0.442. The fraction of sp³-hybridized carbons (Fsp3) is 0.407. The van der Waals surface area contributed by atoms with E-state index in [2.05, 4.69) is 13.8 Å². The molecular weight excluding hydrogens is 434 g/mol. The Hall–Kier alpha value is -3.48. The number of Topliss-reactive ketones (excluding diaryl/α,β-unsaturated/α-hetero) is 1. The number of ether oxygens (including phenoxy) is 4. The second kappa shape index (κ2) is 9.05. The Morgan fingerprint density at radius 1 is 0.853 bits per heavy atom. The van der Waals surface area contributed by atoms with Crippen molar-refractivity contribution in [3.05, 3.63) is 53.2 Å². The van der Waals surface area contributed by atoms with Crippen molar-refractivity contribution < 1.29 is 28.5 Å². The lowest BCUT2D eigenvalue weighted by molar-refractivity contribution is -0.121. The lowest BCUT2D eigenvalue weighted by atomic mass is 9.69. The van der Waals surface area contributed by atoms with E-state index in [0.717, 1.165) is 11.3 Å². The molecule has 0 N–H and O–H groups in total. The standard InChI is InChI=1S/C27H31NO6/c1-27(2)14-20-26(21(29)15-27)19(18-11-23(33-5)24(34-6)13-22(18)32-4)12-25(30)28(20)16-8-7-9-17(10-16)31-3/h7-11,13,19H,12,14-15H2,1-6H3. The third-order valence-corrected chi connectivity index (χ3v) is 6.57. The van der Waals surface area contributed by atoms with E-state index in [0.29, 0.717) is 47.1 Å². The van der Waals surface area contributed by atoms with Gasteiger partial charge in [-0.3, -0.25) is 14.5 Å². The third-order valence-electron chi connectivity index (χ3n) is 6.57. The second-order valence-corrected chi connectivity index (χ2v) is 9.44. The first-order valence-corrected chi connectivity index (χ1v) is 11.3. The van der Waals surface area contributed by atoms with Gasteiger partial charge in [0.1, 0.15) is 11.5 Å². The highest BCUT2D eigenvalue weighted by molar-refractivity contribution is 6.08. The number of hydrogen-bond acceptors (Lipinski definition) is 6. The number of rotatable bonds is 6. The summed E-state index contributed by atoms with van der Waals surface area (Å²) in [6.45, 7) is 4.12. The molecule has 7 nitrogen and oxygen atoms in total. The van der Waals surface area contributed by atoms with Crippen LogP contribution >= 0.6 is 0 Å². The maximum absolute atomic E-state index is 13.7. The van der Waals surface area contributed by atoms with Gasteiger partial charge in [-0.25, -0.2) is 0 Å². The molecule has 1 atom stereocenters. The predicted octanol–water partition coefficient (Wildman–Crippen LogP) is 4.88. The molecule has 1 heterocycles. The number of hydrogen-bond donors (Lipinski definition) is 0. The smallest absolute Gasteiger partial charge is 0.232 e. The van der Waals surface area contributed by atoms with Crippen molar-refractivity contribution in [1.82, 2.24) is 0 Å². The SMILES string of the molecule is COc1cccc(N2C(=O)CC(c3cc(OC)c(OC)cc3OC)C3=C2CC(C)(C)CC3=O)c1. The minimum absolute atomic E-state index is 0.0495. The monoisotopic (exact) mass is 465 g/mol. The van der Waals surface area contributed by atoms with Gasteiger partial charge in [-0.15, -0.1) is 0 Å². The van der Waals surface area contributed by atoms with Gasteiger partial charge < -0.3 is 18.9 Å². The summed E-state index contributed by atoms with van der Waals surface area (Å²) in [5.41, 5.74) is 2.57. The van der Waals surface area contributed by atoms with Crippen LogP contribution in [0.5, 0.6) is 23.0 Å². The zero-order chi connectivity index (χ0) is 24.6. The van der Waals surface area contributed by atoms with E-state index in [9.17, 15) is 9.59 Å². The van der Waals surface area contributed by atoms with Gasteiger partial charge >= 0.3 is 0 Å². The summed E-state index contributed by atoms with van der Waals surface area (Å²) in [6.07, 6.45) is 1.15. The summed E-state index contributed by atoms with van der Waals surface area (Å²) in [5, 5.41) is 0. The fourth-order valence-electron chi connectivity index (χ4n) is 5.06. The molecule has 1 aliphatic heterocycles. The summed E-state index contributed by atoms with van der Waals surface area (Å²) in [7, 11) is 6.28. The molecule has 2 aromatic rings. The molecule has 2 aliphatic rings. The van der Waals surface area contributed by atoms with Crippen molar-refractivity contribution in [2.45, 2.75) is 39.0 Å². The number of benzene rings is 2. The van der Waals surface area contributed by atoms with E-state index >= 15 is 0 Å². The molecule has 0 aromatic heterocycles. The number of ketones is 1. The number of allylic oxidation sites excluding steroid dienone is 2. The molecule has 7 heteroatoms. The van der Waals surface area contributed by atoms with Crippen molar-refractivity contribution in [2.24, 2.45) is 5.41 Å². The summed E-state index contributed by atoms with van der Waals surface area (Å²) < 4.78 is 22.0. The molecule has 1 aliphatic carbocycles. The van der Waals surface area contributed by atoms with Crippen LogP contribution in [0.25, 0.3) is 0 Å². The van der Waals surface area contributed by atoms with E-state index in [1.54, 1.807) is 39.4 Å². The van der Waals surface area contributed by atoms with Gasteiger partial charge in [-0.2, -0.15) is 0 Å². The number of carbonyl (C=O) groups is 2. The van der Waals surface area contributed by atoms with Crippen molar-refractivity contribution in [3.63, 3.8) is 0 Å². The molecular formula is C27H31NO6. The van der Waals surface area contributed by atoms with Crippen molar-refractivity contribution in [2.75, 3.05) is 33.3 Å². The highest BCUT2D eigenvalue weighted by atomic mass is 16.5. The Kier molecular flexibility index (Phi) is 6.30. The van der Waals surface area contributed by atoms with E-state index < -0.39 is 5.92 Å². The zero-order valence-electron chi connectivity index (χ0n) is 20.6. The van der Waals surface area contributed by atoms with Crippen molar-refractivity contribution >= 4 is 17.4 Å². The van der Waals surface area contributed by atoms with Gasteiger partial charge in [0.2, 0.25) is 5.91 Å². The van der Waals surface area contributed by atoms with E-state index in [1.807, 2.05) is 30.3 Å². The topological polar surface area (TPSA) is 74.3 Å². The average Bonchev–Trinajstić information content (AvgIpc) is 2.81. The van der Waals surface area contributed by atoms with Crippen LogP contribution in [0.15, 0.2) is 47.7 Å². The average molecular weight is 466 g/mol. The summed E-state index contributed by atoms with van der Waals surface area (Å²) in [5.74, 6) is 1.77. The first-order chi connectivity index (χ1) is 16.2. The predicted molar refractivity (Wildman–Crippen MR) is 129 cm³/mol. The molecule has 1 unspecified atom stereocenters. The Labute approximate surface area is 200 Å². The van der Waals surface area contributed by atoms with E-state index in [4.69, 9.17) is 18.9 Å². The maximum Gasteiger partial charge on any atom is 0.232 e. The number of nitrogens with zero attached hydrogens (tertiary/aromatic N) is 1. The lowest BCUT2D eigenvalue weighted by Gasteiger charge is -2.43. The van der Waals surface area contributed by atoms with Crippen LogP contribution in [0.1, 0.15) is 44.6 Å². The number of methoxy groups -OCH3 is 4. The van der Waals surface area contributed by atoms with Gasteiger partial charge in [0.05, 0.1) is 34.1 Å². The first-order valence-electron chi connectivity index (χ1n) is 11.3. The molecule has 0 radical (unpaired) electrons. The van der Waals surface area contributed by atoms with Gasteiger partial charge in [0, 0.05) is 47.7 Å². The molecule has 1 amide bonds. The Morgan fingerprint density at radius 3 is 2.18 bits per heavy atom. The van der Waals surface area contributed by atoms with Crippen LogP contribution in [0.4, 0.5) is 5.69 Å². The Morgan fingerprint density at radius 2 is 1.53 bits per heavy atom. The van der Waals surface area contributed by atoms with Gasteiger partial charge in [-0.1, -0.05) is 19.9 Å². The van der Waals surface area contributed by atoms with Crippen LogP contribution in [-0.2, 0) is 9.59 Å². The molecule has 34 heavy (non-hydrogen) atoms. The molecule has 0 spiro atoms. The van der Waals surface area contributed by atoms with Crippen LogP contribution in [-0.4, -0.2) is 40.1 Å². The van der Waals surface area contributed by atoms with Crippen LogP contribution in [0.3, 0.4) is 0 Å². The first kappa shape index (κ1) is 23.7. The van der Waals surface area contributed by atoms with E-state index in [1.165, 1.54) is 0 Å². The Bertz CT molecular complexity index is 1170. The molecule has 2 aromatic carbocycles. The van der Waals surface area contributed by atoms with Crippen LogP contribution < -0.4 is 23.8 Å². The Balaban J connectivity index is 1.94. The molecule has 0 saturated carbocycles. The zero-order valence-corrected chi connectivity index (χ0v) is 20.6. The van der Waals surface area contributed by atoms with Crippen LogP contribution in [0, 0.1) is 5.41 Å².